The van der Waals surface area contributed by atoms with E-state index in [2.05, 4.69) is 41.5 Å². The molecule has 0 bridgehead atoms. The Morgan fingerprint density at radius 1 is 0.600 bits per heavy atom. The van der Waals surface area contributed by atoms with Crippen LogP contribution in [0.2, 0.25) is 0 Å². The minimum atomic E-state index is 0.632. The zero-order valence-electron chi connectivity index (χ0n) is 15.1. The summed E-state index contributed by atoms with van der Waals surface area (Å²) >= 11 is 0. The van der Waals surface area contributed by atoms with Gasteiger partial charge in [0.15, 0.2) is 0 Å². The summed E-state index contributed by atoms with van der Waals surface area (Å²) in [6.07, 6.45) is 14.0. The summed E-state index contributed by atoms with van der Waals surface area (Å²) in [5.41, 5.74) is 0. The average Bonchev–Trinajstić information content (AvgIpc) is 2.38. The van der Waals surface area contributed by atoms with Crippen LogP contribution in [0, 0.1) is 30.6 Å². The minimum absolute atomic E-state index is 0.632. The molecule has 0 heterocycles. The van der Waals surface area contributed by atoms with Gasteiger partial charge in [0.25, 0.3) is 0 Å². The van der Waals surface area contributed by atoms with E-state index < -0.39 is 0 Å². The number of rotatable bonds is 13. The van der Waals surface area contributed by atoms with Crippen molar-refractivity contribution in [3.63, 3.8) is 0 Å². The van der Waals surface area contributed by atoms with Crippen molar-refractivity contribution in [2.24, 2.45) is 23.7 Å². The van der Waals surface area contributed by atoms with Crippen LogP contribution in [-0.2, 0) is 0 Å². The largest absolute Gasteiger partial charge is 0.0651 e. The van der Waals surface area contributed by atoms with Crippen LogP contribution < -0.4 is 0 Å². The lowest BCUT2D eigenvalue weighted by molar-refractivity contribution is 0.378. The Morgan fingerprint density at radius 2 is 0.950 bits per heavy atom. The molecule has 0 aliphatic heterocycles. The van der Waals surface area contributed by atoms with Crippen LogP contribution in [0.15, 0.2) is 0 Å². The molecule has 0 saturated carbocycles. The lowest BCUT2D eigenvalue weighted by atomic mass is 9.91. The van der Waals surface area contributed by atoms with Gasteiger partial charge < -0.3 is 0 Å². The molecule has 0 aliphatic carbocycles. The van der Waals surface area contributed by atoms with Crippen LogP contribution in [0.25, 0.3) is 0 Å². The fourth-order valence-electron chi connectivity index (χ4n) is 2.94. The molecule has 1 radical (unpaired) electrons. The first kappa shape index (κ1) is 20.0. The van der Waals surface area contributed by atoms with Crippen molar-refractivity contribution in [3.05, 3.63) is 6.92 Å². The lowest BCUT2D eigenvalue weighted by Gasteiger charge is -2.15. The topological polar surface area (TPSA) is 0 Å². The van der Waals surface area contributed by atoms with Crippen LogP contribution in [0.5, 0.6) is 0 Å². The third-order valence-corrected chi connectivity index (χ3v) is 4.88. The van der Waals surface area contributed by atoms with Crippen LogP contribution in [0.1, 0.15) is 98.8 Å². The van der Waals surface area contributed by atoms with E-state index in [4.69, 9.17) is 0 Å². The van der Waals surface area contributed by atoms with Gasteiger partial charge in [-0.2, -0.15) is 0 Å². The van der Waals surface area contributed by atoms with Crippen LogP contribution in [0.4, 0.5) is 0 Å². The van der Waals surface area contributed by atoms with Gasteiger partial charge >= 0.3 is 0 Å². The molecule has 20 heavy (non-hydrogen) atoms. The van der Waals surface area contributed by atoms with Gasteiger partial charge in [-0.3, -0.25) is 0 Å². The Labute approximate surface area is 130 Å². The highest BCUT2D eigenvalue weighted by Gasteiger charge is 2.07. The predicted molar refractivity (Wildman–Crippen MR) is 93.9 cm³/mol. The standard InChI is InChI=1S/C20H41/c1-7-18(4)12-9-14-20(6)16-10-15-19(5)13-8-11-17(2)3/h17-20H,2,7-16H2,1,3-6H3. The van der Waals surface area contributed by atoms with Gasteiger partial charge in [0.2, 0.25) is 0 Å². The maximum Gasteiger partial charge on any atom is -0.0443 e. The van der Waals surface area contributed by atoms with Crippen molar-refractivity contribution < 1.29 is 0 Å². The number of hydrogen-bond acceptors (Lipinski definition) is 0. The second-order valence-electron chi connectivity index (χ2n) is 7.62. The predicted octanol–water partition coefficient (Wildman–Crippen LogP) is 7.29. The molecule has 0 spiro atoms. The zero-order chi connectivity index (χ0) is 15.4. The Morgan fingerprint density at radius 3 is 1.30 bits per heavy atom. The van der Waals surface area contributed by atoms with Crippen molar-refractivity contribution in [1.82, 2.24) is 0 Å². The van der Waals surface area contributed by atoms with Gasteiger partial charge in [-0.1, -0.05) is 106 Å². The molecule has 0 fully saturated rings. The molecule has 4 unspecified atom stereocenters. The van der Waals surface area contributed by atoms with Gasteiger partial charge in [-0.15, -0.1) is 0 Å². The Hall–Kier alpha value is 0. The van der Waals surface area contributed by atoms with Gasteiger partial charge in [0.1, 0.15) is 0 Å². The fourth-order valence-corrected chi connectivity index (χ4v) is 2.94. The van der Waals surface area contributed by atoms with Crippen molar-refractivity contribution in [2.75, 3.05) is 0 Å². The number of hydrogen-bond donors (Lipinski definition) is 0. The van der Waals surface area contributed by atoms with Gasteiger partial charge in [0, 0.05) is 0 Å². The van der Waals surface area contributed by atoms with E-state index in [1.165, 1.54) is 64.2 Å². The smallest absolute Gasteiger partial charge is 0.0443 e. The summed E-state index contributed by atoms with van der Waals surface area (Å²) in [6, 6.07) is 0. The first-order valence-electron chi connectivity index (χ1n) is 9.28. The molecular formula is C20H41. The third kappa shape index (κ3) is 13.0. The summed E-state index contributed by atoms with van der Waals surface area (Å²) in [5, 5.41) is 0. The van der Waals surface area contributed by atoms with Crippen LogP contribution in [0.3, 0.4) is 0 Å². The SMILES string of the molecule is [CH2]C(C)CCCC(C)CCCC(C)CCCC(C)CC. The molecule has 0 heteroatoms. The quantitative estimate of drug-likeness (QED) is 0.332. The Kier molecular flexibility index (Phi) is 12.7. The highest BCUT2D eigenvalue weighted by atomic mass is 14.1. The van der Waals surface area contributed by atoms with Crippen molar-refractivity contribution in [2.45, 2.75) is 98.8 Å². The van der Waals surface area contributed by atoms with Crippen molar-refractivity contribution in [1.29, 1.82) is 0 Å². The first-order valence-corrected chi connectivity index (χ1v) is 9.28. The van der Waals surface area contributed by atoms with E-state index in [9.17, 15) is 0 Å². The maximum absolute atomic E-state index is 4.07. The van der Waals surface area contributed by atoms with E-state index >= 15 is 0 Å². The third-order valence-electron chi connectivity index (χ3n) is 4.88. The summed E-state index contributed by atoms with van der Waals surface area (Å²) < 4.78 is 0. The summed E-state index contributed by atoms with van der Waals surface area (Å²) in [6.45, 7) is 15.9. The average molecular weight is 282 g/mol. The monoisotopic (exact) mass is 281 g/mol. The first-order chi connectivity index (χ1) is 9.45. The van der Waals surface area contributed by atoms with Crippen molar-refractivity contribution >= 4 is 0 Å². The molecule has 0 rings (SSSR count). The van der Waals surface area contributed by atoms with E-state index in [0.29, 0.717) is 5.92 Å². The van der Waals surface area contributed by atoms with E-state index in [1.807, 2.05) is 0 Å². The molecular weight excluding hydrogens is 240 g/mol. The molecule has 0 saturated heterocycles. The normalized spacial score (nSPS) is 16.4. The van der Waals surface area contributed by atoms with Gasteiger partial charge in [-0.05, 0) is 23.7 Å². The second kappa shape index (κ2) is 12.7. The Bertz CT molecular complexity index is 194. The maximum atomic E-state index is 4.07. The highest BCUT2D eigenvalue weighted by molar-refractivity contribution is 4.61. The Balaban J connectivity index is 3.43. The molecule has 0 aliphatic rings. The molecule has 0 amide bonds. The molecule has 0 nitrogen and oxygen atoms in total. The molecule has 4 atom stereocenters. The van der Waals surface area contributed by atoms with Crippen LogP contribution >= 0.6 is 0 Å². The minimum Gasteiger partial charge on any atom is -0.0651 e. The van der Waals surface area contributed by atoms with Gasteiger partial charge in [-0.25, -0.2) is 0 Å². The molecule has 0 aromatic heterocycles. The molecule has 121 valence electrons. The summed E-state index contributed by atoms with van der Waals surface area (Å²) in [5.74, 6) is 3.41. The zero-order valence-corrected chi connectivity index (χ0v) is 15.1. The van der Waals surface area contributed by atoms with Crippen molar-refractivity contribution in [3.8, 4) is 0 Å². The fraction of sp³-hybridized carbons (Fsp3) is 0.950. The van der Waals surface area contributed by atoms with Crippen LogP contribution in [-0.4, -0.2) is 0 Å². The second-order valence-corrected chi connectivity index (χ2v) is 7.62. The van der Waals surface area contributed by atoms with E-state index in [1.54, 1.807) is 0 Å². The summed E-state index contributed by atoms with van der Waals surface area (Å²) in [4.78, 5) is 0. The van der Waals surface area contributed by atoms with Gasteiger partial charge in [0.05, 0.1) is 0 Å². The molecule has 0 aromatic rings. The highest BCUT2D eigenvalue weighted by Crippen LogP contribution is 2.22. The van der Waals surface area contributed by atoms with E-state index in [-0.39, 0.29) is 0 Å². The van der Waals surface area contributed by atoms with E-state index in [0.717, 1.165) is 17.8 Å². The molecule has 0 N–H and O–H groups in total. The summed E-state index contributed by atoms with van der Waals surface area (Å²) in [7, 11) is 0. The lowest BCUT2D eigenvalue weighted by Crippen LogP contribution is -2.01. The molecule has 0 aromatic carbocycles.